The minimum absolute atomic E-state index is 0.632. The van der Waals surface area contributed by atoms with Crippen molar-refractivity contribution in [2.75, 3.05) is 11.0 Å². The number of benzene rings is 2. The molecule has 0 fully saturated rings. The Labute approximate surface area is 141 Å². The number of alkyl halides is 1. The summed E-state index contributed by atoms with van der Waals surface area (Å²) in [5.41, 5.74) is 2.44. The number of aromatic nitrogens is 3. The molecule has 0 saturated carbocycles. The molecule has 0 aliphatic carbocycles. The second kappa shape index (κ2) is 6.62. The van der Waals surface area contributed by atoms with Gasteiger partial charge in [0, 0.05) is 9.45 Å². The summed E-state index contributed by atoms with van der Waals surface area (Å²) >= 11 is 8.44. The smallest absolute Gasteiger partial charge is 0.146 e. The lowest BCUT2D eigenvalue weighted by atomic mass is 10.3. The molecule has 0 atom stereocenters. The highest BCUT2D eigenvalue weighted by Gasteiger charge is 2.11. The molecule has 21 heavy (non-hydrogen) atoms. The summed E-state index contributed by atoms with van der Waals surface area (Å²) in [6.07, 6.45) is 0.997. The van der Waals surface area contributed by atoms with Gasteiger partial charge in [-0.3, -0.25) is 0 Å². The summed E-state index contributed by atoms with van der Waals surface area (Å²) < 4.78 is 6.88. The molecule has 2 aromatic carbocycles. The second-order valence-corrected chi connectivity index (χ2v) is 6.00. The lowest BCUT2D eigenvalue weighted by Crippen LogP contribution is -2.05. The lowest BCUT2D eigenvalue weighted by Gasteiger charge is -2.10. The van der Waals surface area contributed by atoms with Gasteiger partial charge < -0.3 is 4.74 Å². The monoisotopic (exact) mass is 413 g/mol. The van der Waals surface area contributed by atoms with Gasteiger partial charge in [0.1, 0.15) is 22.5 Å². The molecule has 0 amide bonds. The molecular weight excluding hydrogens is 401 g/mol. The van der Waals surface area contributed by atoms with Crippen molar-refractivity contribution in [3.8, 4) is 11.4 Å². The number of rotatable bonds is 5. The van der Waals surface area contributed by atoms with Crippen molar-refractivity contribution in [2.45, 2.75) is 6.42 Å². The number of hydrogen-bond donors (Lipinski definition) is 0. The molecule has 4 nitrogen and oxygen atoms in total. The van der Waals surface area contributed by atoms with Crippen LogP contribution in [0.25, 0.3) is 16.7 Å². The van der Waals surface area contributed by atoms with E-state index < -0.39 is 0 Å². The fraction of sp³-hybridized carbons (Fsp3) is 0.200. The van der Waals surface area contributed by atoms with Gasteiger partial charge in [-0.2, -0.15) is 0 Å². The van der Waals surface area contributed by atoms with Crippen molar-refractivity contribution >= 4 is 45.2 Å². The van der Waals surface area contributed by atoms with E-state index in [0.717, 1.165) is 33.3 Å². The lowest BCUT2D eigenvalue weighted by molar-refractivity contribution is 0.317. The number of hydrogen-bond acceptors (Lipinski definition) is 3. The zero-order valence-electron chi connectivity index (χ0n) is 11.2. The highest BCUT2D eigenvalue weighted by Crippen LogP contribution is 2.26. The summed E-state index contributed by atoms with van der Waals surface area (Å²) in [6, 6.07) is 13.2. The summed E-state index contributed by atoms with van der Waals surface area (Å²) in [5, 5.41) is 9.59. The first-order valence-electron chi connectivity index (χ1n) is 6.59. The van der Waals surface area contributed by atoms with Crippen molar-refractivity contribution in [3.63, 3.8) is 0 Å². The third-order valence-corrected chi connectivity index (χ3v) is 3.96. The van der Waals surface area contributed by atoms with E-state index >= 15 is 0 Å². The summed E-state index contributed by atoms with van der Waals surface area (Å²) in [7, 11) is 0. The summed E-state index contributed by atoms with van der Waals surface area (Å²) in [6.45, 7) is 0.665. The Bertz CT molecular complexity index is 727. The largest absolute Gasteiger partial charge is 0.491 e. The zero-order chi connectivity index (χ0) is 14.7. The van der Waals surface area contributed by atoms with Crippen molar-refractivity contribution in [3.05, 3.63) is 47.5 Å². The maximum Gasteiger partial charge on any atom is 0.146 e. The van der Waals surface area contributed by atoms with E-state index in [1.54, 1.807) is 4.80 Å². The fourth-order valence-electron chi connectivity index (χ4n) is 1.97. The van der Waals surface area contributed by atoms with Crippen LogP contribution in [0.2, 0.25) is 5.02 Å². The molecule has 3 aromatic rings. The molecule has 6 heteroatoms. The zero-order valence-corrected chi connectivity index (χ0v) is 14.1. The van der Waals surface area contributed by atoms with Crippen LogP contribution in [0.1, 0.15) is 6.42 Å². The van der Waals surface area contributed by atoms with Gasteiger partial charge >= 0.3 is 0 Å². The molecule has 108 valence electrons. The summed E-state index contributed by atoms with van der Waals surface area (Å²) in [5.74, 6) is 0.740. The van der Waals surface area contributed by atoms with Crippen LogP contribution < -0.4 is 4.74 Å². The first-order valence-corrected chi connectivity index (χ1v) is 8.49. The Balaban J connectivity index is 2.00. The molecule has 0 N–H and O–H groups in total. The van der Waals surface area contributed by atoms with Gasteiger partial charge in [0.2, 0.25) is 0 Å². The third-order valence-electron chi connectivity index (χ3n) is 2.96. The molecule has 1 aromatic heterocycles. The van der Waals surface area contributed by atoms with Crippen molar-refractivity contribution in [1.29, 1.82) is 0 Å². The van der Waals surface area contributed by atoms with E-state index in [2.05, 4.69) is 32.8 Å². The first kappa shape index (κ1) is 14.6. The SMILES string of the molecule is Clc1ccc(OCCCI)c(-n2nc3ccccc3n2)c1. The highest BCUT2D eigenvalue weighted by molar-refractivity contribution is 14.1. The average molecular weight is 414 g/mol. The fourth-order valence-corrected chi connectivity index (χ4v) is 2.45. The normalized spacial score (nSPS) is 11.0. The second-order valence-electron chi connectivity index (χ2n) is 4.48. The van der Waals surface area contributed by atoms with Gasteiger partial charge in [0.25, 0.3) is 0 Å². The molecule has 0 aliphatic rings. The van der Waals surface area contributed by atoms with Crippen LogP contribution in [0.5, 0.6) is 5.75 Å². The topological polar surface area (TPSA) is 39.9 Å². The van der Waals surface area contributed by atoms with Crippen LogP contribution >= 0.6 is 34.2 Å². The molecule has 0 bridgehead atoms. The van der Waals surface area contributed by atoms with Crippen molar-refractivity contribution < 1.29 is 4.74 Å². The Hall–Kier alpha value is -1.34. The van der Waals surface area contributed by atoms with Crippen LogP contribution in [0.3, 0.4) is 0 Å². The van der Waals surface area contributed by atoms with Crippen molar-refractivity contribution in [2.24, 2.45) is 0 Å². The first-order chi connectivity index (χ1) is 10.3. The average Bonchev–Trinajstić information content (AvgIpc) is 2.92. The van der Waals surface area contributed by atoms with Gasteiger partial charge in [-0.1, -0.05) is 46.3 Å². The van der Waals surface area contributed by atoms with Gasteiger partial charge in [0.15, 0.2) is 0 Å². The van der Waals surface area contributed by atoms with E-state index in [1.165, 1.54) is 0 Å². The Morgan fingerprint density at radius 1 is 1.10 bits per heavy atom. The quantitative estimate of drug-likeness (QED) is 0.356. The van der Waals surface area contributed by atoms with Gasteiger partial charge in [-0.05, 0) is 36.8 Å². The van der Waals surface area contributed by atoms with Crippen molar-refractivity contribution in [1.82, 2.24) is 15.0 Å². The van der Waals surface area contributed by atoms with Crippen LogP contribution in [-0.4, -0.2) is 26.0 Å². The number of nitrogens with zero attached hydrogens (tertiary/aromatic N) is 3. The molecule has 1 heterocycles. The molecule has 0 saturated heterocycles. The number of fused-ring (bicyclic) bond motifs is 1. The van der Waals surface area contributed by atoms with E-state index in [0.29, 0.717) is 11.6 Å². The van der Waals surface area contributed by atoms with Crippen LogP contribution in [0.15, 0.2) is 42.5 Å². The number of ether oxygens (including phenoxy) is 1. The molecule has 0 unspecified atom stereocenters. The summed E-state index contributed by atoms with van der Waals surface area (Å²) in [4.78, 5) is 1.58. The predicted molar refractivity (Wildman–Crippen MR) is 92.9 cm³/mol. The predicted octanol–water partition coefficient (Wildman–Crippen LogP) is 4.28. The maximum absolute atomic E-state index is 6.10. The molecule has 0 spiro atoms. The molecule has 0 aliphatic heterocycles. The van der Waals surface area contributed by atoms with Gasteiger partial charge in [0.05, 0.1) is 6.61 Å². The van der Waals surface area contributed by atoms with E-state index in [1.807, 2.05) is 42.5 Å². The van der Waals surface area contributed by atoms with E-state index in [9.17, 15) is 0 Å². The maximum atomic E-state index is 6.10. The van der Waals surface area contributed by atoms with E-state index in [-0.39, 0.29) is 0 Å². The molecular formula is C15H13ClIN3O. The Morgan fingerprint density at radius 3 is 2.48 bits per heavy atom. The standard InChI is InChI=1S/C15H13ClIN3O/c16-11-6-7-15(21-9-3-8-17)14(10-11)20-18-12-4-1-2-5-13(12)19-20/h1-2,4-7,10H,3,8-9H2. The number of halogens is 2. The van der Waals surface area contributed by atoms with Gasteiger partial charge in [-0.15, -0.1) is 15.0 Å². The highest BCUT2D eigenvalue weighted by atomic mass is 127. The van der Waals surface area contributed by atoms with Crippen LogP contribution in [0.4, 0.5) is 0 Å². The Kier molecular flexibility index (Phi) is 4.60. The van der Waals surface area contributed by atoms with Crippen LogP contribution in [-0.2, 0) is 0 Å². The Morgan fingerprint density at radius 2 is 1.81 bits per heavy atom. The van der Waals surface area contributed by atoms with Gasteiger partial charge in [-0.25, -0.2) is 0 Å². The third kappa shape index (κ3) is 3.29. The van der Waals surface area contributed by atoms with E-state index in [4.69, 9.17) is 16.3 Å². The molecule has 3 rings (SSSR count). The minimum atomic E-state index is 0.632. The molecule has 0 radical (unpaired) electrons. The minimum Gasteiger partial charge on any atom is -0.491 e. The van der Waals surface area contributed by atoms with Crippen LogP contribution in [0, 0.1) is 0 Å².